The second kappa shape index (κ2) is 6.36. The molecule has 0 aromatic heterocycles. The van der Waals surface area contributed by atoms with Crippen LogP contribution in [0, 0.1) is 0 Å². The molecule has 1 atom stereocenters. The lowest BCUT2D eigenvalue weighted by atomic mass is 10.0. The van der Waals surface area contributed by atoms with Crippen LogP contribution < -0.4 is 5.32 Å². The molecule has 98 valence electrons. The summed E-state index contributed by atoms with van der Waals surface area (Å²) in [7, 11) is 1.38. The highest BCUT2D eigenvalue weighted by atomic mass is 16.5. The number of hydrogen-bond donors (Lipinski definition) is 1. The van der Waals surface area contributed by atoms with Gasteiger partial charge in [-0.3, -0.25) is 0 Å². The Balaban J connectivity index is 2.89. The third kappa shape index (κ3) is 5.15. The molecule has 0 fully saturated rings. The molecule has 1 aromatic rings. The highest BCUT2D eigenvalue weighted by molar-refractivity contribution is 5.81. The van der Waals surface area contributed by atoms with Gasteiger partial charge in [0.15, 0.2) is 0 Å². The van der Waals surface area contributed by atoms with Crippen molar-refractivity contribution in [1.82, 2.24) is 5.32 Å². The molecule has 0 aliphatic rings. The summed E-state index contributed by atoms with van der Waals surface area (Å²) in [5.41, 5.74) is 1.08. The SMILES string of the molecule is COC(=O)/C=C/[C@@H](NC(C)(C)C)c1ccccc1. The lowest BCUT2D eigenvalue weighted by Crippen LogP contribution is -2.38. The van der Waals surface area contributed by atoms with Crippen molar-refractivity contribution >= 4 is 5.97 Å². The molecule has 0 spiro atoms. The van der Waals surface area contributed by atoms with Gasteiger partial charge in [0, 0.05) is 11.6 Å². The first-order chi connectivity index (χ1) is 8.42. The topological polar surface area (TPSA) is 38.3 Å². The maximum atomic E-state index is 11.2. The summed E-state index contributed by atoms with van der Waals surface area (Å²) >= 11 is 0. The first kappa shape index (κ1) is 14.5. The minimum absolute atomic E-state index is 0.00898. The maximum absolute atomic E-state index is 11.2. The molecule has 1 rings (SSSR count). The molecule has 1 aromatic carbocycles. The number of esters is 1. The summed E-state index contributed by atoms with van der Waals surface area (Å²) in [6.07, 6.45) is 3.28. The summed E-state index contributed by atoms with van der Waals surface area (Å²) in [5.74, 6) is -0.341. The van der Waals surface area contributed by atoms with Crippen molar-refractivity contribution in [2.45, 2.75) is 32.4 Å². The number of rotatable bonds is 4. The van der Waals surface area contributed by atoms with Crippen LogP contribution in [-0.4, -0.2) is 18.6 Å². The van der Waals surface area contributed by atoms with Crippen LogP contribution in [0.5, 0.6) is 0 Å². The van der Waals surface area contributed by atoms with Crippen molar-refractivity contribution in [1.29, 1.82) is 0 Å². The van der Waals surface area contributed by atoms with E-state index < -0.39 is 0 Å². The van der Waals surface area contributed by atoms with E-state index >= 15 is 0 Å². The molecular formula is C15H21NO2. The standard InChI is InChI=1S/C15H21NO2/c1-15(2,3)16-13(10-11-14(17)18-4)12-8-6-5-7-9-12/h5-11,13,16H,1-4H3/b11-10+/t13-/m1/s1. The second-order valence-electron chi connectivity index (χ2n) is 5.16. The Morgan fingerprint density at radius 1 is 1.28 bits per heavy atom. The molecule has 0 bridgehead atoms. The number of carbonyl (C=O) groups is 1. The van der Waals surface area contributed by atoms with Crippen LogP contribution in [0.4, 0.5) is 0 Å². The van der Waals surface area contributed by atoms with Crippen molar-refractivity contribution in [3.05, 3.63) is 48.0 Å². The molecule has 0 aliphatic carbocycles. The third-order valence-corrected chi connectivity index (χ3v) is 2.37. The van der Waals surface area contributed by atoms with Crippen molar-refractivity contribution in [3.8, 4) is 0 Å². The lowest BCUT2D eigenvalue weighted by molar-refractivity contribution is -0.134. The summed E-state index contributed by atoms with van der Waals surface area (Å²) in [4.78, 5) is 11.2. The molecule has 0 radical (unpaired) electrons. The van der Waals surface area contributed by atoms with Gasteiger partial charge in [0.25, 0.3) is 0 Å². The smallest absolute Gasteiger partial charge is 0.330 e. The Labute approximate surface area is 109 Å². The molecule has 0 aliphatic heterocycles. The van der Waals surface area contributed by atoms with E-state index in [-0.39, 0.29) is 17.6 Å². The predicted octanol–water partition coefficient (Wildman–Crippen LogP) is 2.85. The van der Waals surface area contributed by atoms with Crippen molar-refractivity contribution < 1.29 is 9.53 Å². The minimum atomic E-state index is -0.341. The number of carbonyl (C=O) groups excluding carboxylic acids is 1. The Bertz CT molecular complexity index is 404. The van der Waals surface area contributed by atoms with Crippen LogP contribution in [0.1, 0.15) is 32.4 Å². The number of benzene rings is 1. The van der Waals surface area contributed by atoms with E-state index in [0.717, 1.165) is 5.56 Å². The Morgan fingerprint density at radius 3 is 2.39 bits per heavy atom. The van der Waals surface area contributed by atoms with Gasteiger partial charge in [-0.2, -0.15) is 0 Å². The largest absolute Gasteiger partial charge is 0.466 e. The normalized spacial score (nSPS) is 13.6. The van der Waals surface area contributed by atoms with Gasteiger partial charge in [0.05, 0.1) is 13.2 Å². The molecule has 0 heterocycles. The van der Waals surface area contributed by atoms with Crippen LogP contribution in [0.2, 0.25) is 0 Å². The van der Waals surface area contributed by atoms with Crippen molar-refractivity contribution in [2.24, 2.45) is 0 Å². The summed E-state index contributed by atoms with van der Waals surface area (Å²) < 4.78 is 4.61. The monoisotopic (exact) mass is 247 g/mol. The van der Waals surface area contributed by atoms with Gasteiger partial charge in [-0.1, -0.05) is 36.4 Å². The molecule has 3 heteroatoms. The fraction of sp³-hybridized carbons (Fsp3) is 0.400. The van der Waals surface area contributed by atoms with Crippen LogP contribution in [-0.2, 0) is 9.53 Å². The van der Waals surface area contributed by atoms with Gasteiger partial charge in [-0.15, -0.1) is 0 Å². The van der Waals surface area contributed by atoms with Gasteiger partial charge in [-0.25, -0.2) is 4.79 Å². The quantitative estimate of drug-likeness (QED) is 0.657. The van der Waals surface area contributed by atoms with Crippen LogP contribution in [0.15, 0.2) is 42.5 Å². The van der Waals surface area contributed by atoms with Crippen molar-refractivity contribution in [2.75, 3.05) is 7.11 Å². The second-order valence-corrected chi connectivity index (χ2v) is 5.16. The number of ether oxygens (including phenoxy) is 1. The van der Waals surface area contributed by atoms with E-state index in [9.17, 15) is 4.79 Å². The first-order valence-corrected chi connectivity index (χ1v) is 6.01. The number of methoxy groups -OCH3 is 1. The van der Waals surface area contributed by atoms with E-state index in [1.54, 1.807) is 0 Å². The molecular weight excluding hydrogens is 226 g/mol. The Kier molecular flexibility index (Phi) is 5.10. The average molecular weight is 247 g/mol. The van der Waals surface area contributed by atoms with E-state index in [1.165, 1.54) is 13.2 Å². The molecule has 0 saturated heterocycles. The molecule has 0 amide bonds. The van der Waals surface area contributed by atoms with E-state index in [0.29, 0.717) is 0 Å². The summed E-state index contributed by atoms with van der Waals surface area (Å²) in [6.45, 7) is 6.28. The van der Waals surface area contributed by atoms with Crippen LogP contribution >= 0.6 is 0 Å². The number of hydrogen-bond acceptors (Lipinski definition) is 3. The van der Waals surface area contributed by atoms with Crippen LogP contribution in [0.25, 0.3) is 0 Å². The Hall–Kier alpha value is -1.61. The highest BCUT2D eigenvalue weighted by Crippen LogP contribution is 2.18. The average Bonchev–Trinajstić information content (AvgIpc) is 2.33. The zero-order chi connectivity index (χ0) is 13.6. The predicted molar refractivity (Wildman–Crippen MR) is 73.2 cm³/mol. The van der Waals surface area contributed by atoms with E-state index in [2.05, 4.69) is 30.8 Å². The van der Waals surface area contributed by atoms with Gasteiger partial charge in [0.2, 0.25) is 0 Å². The minimum Gasteiger partial charge on any atom is -0.466 e. The van der Waals surface area contributed by atoms with Gasteiger partial charge in [-0.05, 0) is 26.3 Å². The third-order valence-electron chi connectivity index (χ3n) is 2.37. The molecule has 1 N–H and O–H groups in total. The first-order valence-electron chi connectivity index (χ1n) is 6.01. The van der Waals surface area contributed by atoms with E-state index in [4.69, 9.17) is 0 Å². The van der Waals surface area contributed by atoms with Gasteiger partial charge >= 0.3 is 5.97 Å². The molecule has 0 unspecified atom stereocenters. The van der Waals surface area contributed by atoms with Gasteiger partial charge in [0.1, 0.15) is 0 Å². The highest BCUT2D eigenvalue weighted by Gasteiger charge is 2.16. The zero-order valence-corrected chi connectivity index (χ0v) is 11.4. The number of nitrogens with one attached hydrogen (secondary N) is 1. The van der Waals surface area contributed by atoms with Gasteiger partial charge < -0.3 is 10.1 Å². The maximum Gasteiger partial charge on any atom is 0.330 e. The summed E-state index contributed by atoms with van der Waals surface area (Å²) in [6, 6.07) is 10.00. The summed E-state index contributed by atoms with van der Waals surface area (Å²) in [5, 5.41) is 3.46. The lowest BCUT2D eigenvalue weighted by Gasteiger charge is -2.27. The van der Waals surface area contributed by atoms with Crippen LogP contribution in [0.3, 0.4) is 0 Å². The molecule has 0 saturated carbocycles. The van der Waals surface area contributed by atoms with E-state index in [1.807, 2.05) is 36.4 Å². The Morgan fingerprint density at radius 2 is 1.89 bits per heavy atom. The molecule has 3 nitrogen and oxygen atoms in total. The van der Waals surface area contributed by atoms with Crippen molar-refractivity contribution in [3.63, 3.8) is 0 Å². The molecule has 18 heavy (non-hydrogen) atoms. The fourth-order valence-corrected chi connectivity index (χ4v) is 1.61. The zero-order valence-electron chi connectivity index (χ0n) is 11.4. The fourth-order valence-electron chi connectivity index (χ4n) is 1.61.